The van der Waals surface area contributed by atoms with Crippen LogP contribution in [0.15, 0.2) is 0 Å². The molecule has 0 amide bonds. The number of carboxylic acids is 1. The maximum absolute atomic E-state index is 9.00. The summed E-state index contributed by atoms with van der Waals surface area (Å²) in [7, 11) is 0. The molecule has 0 aromatic heterocycles. The summed E-state index contributed by atoms with van der Waals surface area (Å²) in [5.41, 5.74) is 0. The molecule has 0 atom stereocenters. The zero-order chi connectivity index (χ0) is 3.58. The Kier molecular flexibility index (Phi) is 4.84. The maximum Gasteiger partial charge on any atom is 0.300 e. The SMILES string of the molecule is CC(=O)O.[Mt]. The molecule has 26 valence electrons. The van der Waals surface area contributed by atoms with E-state index in [1.54, 1.807) is 0 Å². The molecule has 0 saturated carbocycles. The molecule has 2 nitrogen and oxygen atoms in total. The molecule has 0 fully saturated rings. The van der Waals surface area contributed by atoms with E-state index in [0.717, 1.165) is 6.92 Å². The van der Waals surface area contributed by atoms with Crippen molar-refractivity contribution in [2.75, 3.05) is 0 Å². The molecule has 0 rings (SSSR count). The smallest absolute Gasteiger partial charge is 0.300 e. The van der Waals surface area contributed by atoms with Crippen molar-refractivity contribution in [1.29, 1.82) is 0 Å². The number of carbonyl (C=O) groups is 1. The van der Waals surface area contributed by atoms with Crippen molar-refractivity contribution in [3.63, 3.8) is 0 Å². The molecule has 5 heavy (non-hydrogen) atoms. The van der Waals surface area contributed by atoms with Crippen LogP contribution in [0.4, 0.5) is 0 Å². The number of carboxylic acid groups (broad SMARTS) is 1. The average Bonchev–Trinajstić information content (AvgIpc) is 0.811. The van der Waals surface area contributed by atoms with Crippen LogP contribution < -0.4 is 0 Å². The van der Waals surface area contributed by atoms with Gasteiger partial charge in [-0.2, -0.15) is 0 Å². The van der Waals surface area contributed by atoms with Crippen LogP contribution in [0.5, 0.6) is 0 Å². The molecule has 0 aliphatic rings. The second kappa shape index (κ2) is 2.47. The second-order valence-corrected chi connectivity index (χ2v) is 0.519. The fourth-order valence-corrected chi connectivity index (χ4v) is 0. The first-order chi connectivity index (χ1) is 1.73. The Balaban J connectivity index is 0. The van der Waals surface area contributed by atoms with Gasteiger partial charge in [-0.15, -0.1) is 0 Å². The summed E-state index contributed by atoms with van der Waals surface area (Å²) in [4.78, 5) is 9.00. The molecule has 1 N–H and O–H groups in total. The van der Waals surface area contributed by atoms with E-state index in [1.165, 1.54) is 0 Å². The van der Waals surface area contributed by atoms with E-state index in [0.29, 0.717) is 0 Å². The van der Waals surface area contributed by atoms with E-state index >= 15 is 0 Å². The van der Waals surface area contributed by atoms with Crippen LogP contribution in [0.25, 0.3) is 0 Å². The number of aliphatic carboxylic acids is 1. The van der Waals surface area contributed by atoms with Crippen molar-refractivity contribution < 1.29 is 9.90 Å². The molecule has 0 aromatic carbocycles. The minimum absolute atomic E-state index is 0. The Bertz CT molecular complexity index is 30.6. The molecule has 0 aliphatic carbocycles. The minimum atomic E-state index is -0.833. The summed E-state index contributed by atoms with van der Waals surface area (Å²) in [5, 5.41) is 7.42. The fourth-order valence-electron chi connectivity index (χ4n) is 0. The third-order valence-corrected chi connectivity index (χ3v) is 0. The van der Waals surface area contributed by atoms with Gasteiger partial charge in [0.1, 0.15) is 0 Å². The Morgan fingerprint density at radius 3 is 1.80 bits per heavy atom. The van der Waals surface area contributed by atoms with Gasteiger partial charge in [0, 0.05) is 6.92 Å². The zero-order valence-electron chi connectivity index (χ0n) is 3.06. The summed E-state index contributed by atoms with van der Waals surface area (Å²) in [6.07, 6.45) is 0. The molecular formula is C2H4MtO2. The predicted molar refractivity (Wildman–Crippen MR) is 13.3 cm³/mol. The van der Waals surface area contributed by atoms with E-state index in [9.17, 15) is 0 Å². The first-order valence-corrected chi connectivity index (χ1v) is 0.928. The standard InChI is InChI=1S/C2H4O2.Mt/c1-2(3)4;/h1H3,(H,3,4);. The van der Waals surface area contributed by atoms with Crippen LogP contribution >= 0.6 is 0 Å². The first kappa shape index (κ1) is 9.80. The van der Waals surface area contributed by atoms with Crippen molar-refractivity contribution in [3.8, 4) is 0 Å². The quantitative estimate of drug-likeness (QED) is 0.680. The third kappa shape index (κ3) is 0.233. The molecular weight excluding hydrogens is 334 g/mol. The van der Waals surface area contributed by atoms with Crippen LogP contribution in [0.3, 0.4) is 0 Å². The van der Waals surface area contributed by atoms with Gasteiger partial charge in [-0.05, 0) is 0 Å². The number of rotatable bonds is 0. The molecule has 0 saturated heterocycles. The van der Waals surface area contributed by atoms with Gasteiger partial charge in [-0.1, -0.05) is 0 Å². The molecule has 0 bridgehead atoms. The molecule has 0 aliphatic heterocycles. The summed E-state index contributed by atoms with van der Waals surface area (Å²) < 4.78 is 0. The molecule has 0 unspecified atom stereocenters. The molecule has 0 radical (unpaired) electrons. The van der Waals surface area contributed by atoms with Crippen molar-refractivity contribution in [2.45, 2.75) is 6.92 Å². The van der Waals surface area contributed by atoms with E-state index in [1.807, 2.05) is 0 Å². The Morgan fingerprint density at radius 2 is 1.80 bits per heavy atom. The van der Waals surface area contributed by atoms with Crippen molar-refractivity contribution >= 4 is 5.97 Å². The Labute approximate surface area is 24.1 Å². The monoisotopic (exact) mass is 338 g/mol. The predicted octanol–water partition coefficient (Wildman–Crippen LogP) is 0.0909. The van der Waals surface area contributed by atoms with Gasteiger partial charge in [-0.3, -0.25) is 4.79 Å². The maximum atomic E-state index is 9.00. The Hall–Kier alpha value is -1.53. The summed E-state index contributed by atoms with van der Waals surface area (Å²) in [6.45, 7) is 1.08. The van der Waals surface area contributed by atoms with E-state index in [4.69, 9.17) is 9.90 Å². The summed E-state index contributed by atoms with van der Waals surface area (Å²) in [5.74, 6) is -0.833. The van der Waals surface area contributed by atoms with Crippen LogP contribution in [0.1, 0.15) is 6.92 Å². The largest absolute Gasteiger partial charge is 0.481 e. The fraction of sp³-hybridized carbons (Fsp3) is 0.500. The van der Waals surface area contributed by atoms with Crippen LogP contribution in [-0.4, -0.2) is 11.1 Å². The van der Waals surface area contributed by atoms with Gasteiger partial charge < -0.3 is 5.11 Å². The Morgan fingerprint density at radius 1 is 1.80 bits per heavy atom. The third-order valence-electron chi connectivity index (χ3n) is 0. The number of hydrogen-bond acceptors (Lipinski definition) is 1. The molecule has 0 spiro atoms. The summed E-state index contributed by atoms with van der Waals surface area (Å²) >= 11 is 0. The molecule has 3 heteroatoms. The second-order valence-electron chi connectivity index (χ2n) is 0.519. The zero-order valence-corrected chi connectivity index (χ0v) is 9.64. The summed E-state index contributed by atoms with van der Waals surface area (Å²) in [6, 6.07) is 0. The normalized spacial score (nSPS) is 5.00. The topological polar surface area (TPSA) is 37.3 Å². The van der Waals surface area contributed by atoms with Crippen molar-refractivity contribution in [2.24, 2.45) is 0 Å². The van der Waals surface area contributed by atoms with Gasteiger partial charge in [0.05, 0.1) is 0 Å². The van der Waals surface area contributed by atoms with E-state index in [2.05, 4.69) is 0 Å². The average molecular weight is 338 g/mol. The van der Waals surface area contributed by atoms with Gasteiger partial charge in [0.15, 0.2) is 0 Å². The first-order valence-electron chi connectivity index (χ1n) is 0.928. The minimum Gasteiger partial charge on any atom is -0.481 e. The van der Waals surface area contributed by atoms with Crippen molar-refractivity contribution in [3.05, 3.63) is 0 Å². The van der Waals surface area contributed by atoms with E-state index in [-0.39, 0.29) is 0 Å². The van der Waals surface area contributed by atoms with Crippen LogP contribution in [0, 0.1) is 0 Å². The van der Waals surface area contributed by atoms with Gasteiger partial charge >= 0.3 is 0 Å². The molecule has 0 heterocycles. The van der Waals surface area contributed by atoms with Crippen LogP contribution in [0.2, 0.25) is 0 Å². The van der Waals surface area contributed by atoms with Crippen molar-refractivity contribution in [1.82, 2.24) is 0 Å². The van der Waals surface area contributed by atoms with Gasteiger partial charge in [0.25, 0.3) is 5.97 Å². The van der Waals surface area contributed by atoms with E-state index < -0.39 is 5.97 Å². The van der Waals surface area contributed by atoms with Crippen LogP contribution in [-0.2, 0) is 4.79 Å². The molecule has 0 aromatic rings. The van der Waals surface area contributed by atoms with Gasteiger partial charge in [-0.25, -0.2) is 0 Å². The number of hydrogen-bond donors (Lipinski definition) is 1. The van der Waals surface area contributed by atoms with Gasteiger partial charge in [0.2, 0.25) is 0 Å².